The van der Waals surface area contributed by atoms with E-state index in [0.29, 0.717) is 34.9 Å². The van der Waals surface area contributed by atoms with E-state index in [1.807, 2.05) is 6.20 Å². The number of hydrogen-bond acceptors (Lipinski definition) is 4. The Morgan fingerprint density at radius 3 is 2.59 bits per heavy atom. The molecule has 4 nitrogen and oxygen atoms in total. The fourth-order valence-corrected chi connectivity index (χ4v) is 9.56. The van der Waals surface area contributed by atoms with E-state index < -0.39 is 0 Å². The molecular weight excluding hydrogens is 418 g/mol. The molecule has 184 valence electrons. The summed E-state index contributed by atoms with van der Waals surface area (Å²) >= 11 is 0. The first-order chi connectivity index (χ1) is 16.3. The van der Waals surface area contributed by atoms with Crippen LogP contribution in [0.5, 0.6) is 0 Å². The first kappa shape index (κ1) is 22.8. The molecule has 0 amide bonds. The molecule has 2 N–H and O–H groups in total. The van der Waals surface area contributed by atoms with Crippen molar-refractivity contribution in [3.63, 3.8) is 0 Å². The third kappa shape index (κ3) is 3.50. The first-order valence-corrected chi connectivity index (χ1v) is 14.0. The molecule has 1 aromatic carbocycles. The standard InChI is InChI=1S/C30H43N3O/c1-18(2)34-22-11-13-29(3)21(16-22)6-7-23-25-9-8-24(30(25,4)14-12-26(23)29)19-5-10-27-20(15-19)17-32-28(31)33-27/h5,10,15,17-18,21-26H,6-9,11-14,16H2,1-4H3,(H2,31,32,33)/t21-,22+,23-,24+,25-,26-,29-,30+/m0/s1. The second-order valence-corrected chi connectivity index (χ2v) is 13.0. The molecule has 2 aromatic rings. The van der Waals surface area contributed by atoms with E-state index in [1.54, 1.807) is 0 Å². The Kier molecular flexibility index (Phi) is 5.48. The molecule has 0 bridgehead atoms. The van der Waals surface area contributed by atoms with Crippen LogP contribution in [0, 0.1) is 34.5 Å². The van der Waals surface area contributed by atoms with Crippen molar-refractivity contribution >= 4 is 16.9 Å². The number of hydrogen-bond donors (Lipinski definition) is 1. The molecule has 4 aliphatic carbocycles. The minimum atomic E-state index is 0.357. The molecule has 4 heteroatoms. The Hall–Kier alpha value is -1.68. The fourth-order valence-electron chi connectivity index (χ4n) is 9.56. The smallest absolute Gasteiger partial charge is 0.220 e. The Labute approximate surface area is 205 Å². The maximum atomic E-state index is 6.29. The maximum absolute atomic E-state index is 6.29. The summed E-state index contributed by atoms with van der Waals surface area (Å²) in [4.78, 5) is 8.67. The minimum Gasteiger partial charge on any atom is -0.376 e. The molecule has 1 aromatic heterocycles. The lowest BCUT2D eigenvalue weighted by Crippen LogP contribution is -2.54. The van der Waals surface area contributed by atoms with Crippen molar-refractivity contribution in [3.05, 3.63) is 30.0 Å². The second-order valence-electron chi connectivity index (χ2n) is 13.0. The summed E-state index contributed by atoms with van der Waals surface area (Å²) in [5.74, 6) is 4.58. The highest BCUT2D eigenvalue weighted by molar-refractivity contribution is 5.79. The Morgan fingerprint density at radius 1 is 0.971 bits per heavy atom. The number of nitrogens with zero attached hydrogens (tertiary/aromatic N) is 2. The van der Waals surface area contributed by atoms with Crippen molar-refractivity contribution in [2.24, 2.45) is 34.5 Å². The van der Waals surface area contributed by atoms with E-state index in [2.05, 4.69) is 55.9 Å². The van der Waals surface area contributed by atoms with E-state index in [4.69, 9.17) is 10.5 Å². The molecule has 4 saturated carbocycles. The van der Waals surface area contributed by atoms with Crippen molar-refractivity contribution in [2.45, 2.75) is 104 Å². The van der Waals surface area contributed by atoms with Gasteiger partial charge in [-0.25, -0.2) is 9.97 Å². The van der Waals surface area contributed by atoms with Crippen LogP contribution in [0.25, 0.3) is 10.9 Å². The highest BCUT2D eigenvalue weighted by Crippen LogP contribution is 2.69. The molecule has 1 heterocycles. The van der Waals surface area contributed by atoms with Gasteiger partial charge in [0.25, 0.3) is 0 Å². The van der Waals surface area contributed by atoms with Crippen molar-refractivity contribution < 1.29 is 4.74 Å². The predicted octanol–water partition coefficient (Wildman–Crippen LogP) is 7.13. The van der Waals surface area contributed by atoms with Crippen LogP contribution in [-0.4, -0.2) is 22.2 Å². The number of aromatic nitrogens is 2. The van der Waals surface area contributed by atoms with Gasteiger partial charge in [0.05, 0.1) is 17.7 Å². The molecule has 6 rings (SSSR count). The highest BCUT2D eigenvalue weighted by Gasteiger charge is 2.60. The topological polar surface area (TPSA) is 61.0 Å². The Bertz CT molecular complexity index is 1070. The van der Waals surface area contributed by atoms with E-state index in [1.165, 1.54) is 63.4 Å². The van der Waals surface area contributed by atoms with E-state index in [-0.39, 0.29) is 0 Å². The summed E-state index contributed by atoms with van der Waals surface area (Å²) in [6.45, 7) is 9.70. The molecule has 0 unspecified atom stereocenters. The van der Waals surface area contributed by atoms with Gasteiger partial charge in [0.15, 0.2) is 0 Å². The molecule has 0 radical (unpaired) electrons. The number of benzene rings is 1. The zero-order valence-electron chi connectivity index (χ0n) is 21.6. The highest BCUT2D eigenvalue weighted by atomic mass is 16.5. The zero-order chi connectivity index (χ0) is 23.7. The average Bonchev–Trinajstić information content (AvgIpc) is 3.16. The van der Waals surface area contributed by atoms with Crippen LogP contribution in [0.15, 0.2) is 24.4 Å². The summed E-state index contributed by atoms with van der Waals surface area (Å²) in [7, 11) is 0. The molecule has 8 atom stereocenters. The molecule has 0 saturated heterocycles. The molecule has 0 spiro atoms. The third-order valence-corrected chi connectivity index (χ3v) is 11.1. The zero-order valence-corrected chi connectivity index (χ0v) is 21.6. The van der Waals surface area contributed by atoms with Crippen LogP contribution in [0.3, 0.4) is 0 Å². The van der Waals surface area contributed by atoms with Gasteiger partial charge in [0.1, 0.15) is 0 Å². The van der Waals surface area contributed by atoms with Gasteiger partial charge in [0, 0.05) is 11.6 Å². The normalized spacial score (nSPS) is 41.8. The number of anilines is 1. The lowest BCUT2D eigenvalue weighted by atomic mass is 9.44. The van der Waals surface area contributed by atoms with Crippen LogP contribution < -0.4 is 5.73 Å². The molecule has 34 heavy (non-hydrogen) atoms. The van der Waals surface area contributed by atoms with Crippen molar-refractivity contribution in [3.8, 4) is 0 Å². The fraction of sp³-hybridized carbons (Fsp3) is 0.733. The summed E-state index contributed by atoms with van der Waals surface area (Å²) in [6, 6.07) is 6.84. The summed E-state index contributed by atoms with van der Waals surface area (Å²) in [6.07, 6.45) is 15.1. The quantitative estimate of drug-likeness (QED) is 0.528. The molecule has 0 aliphatic heterocycles. The van der Waals surface area contributed by atoms with Gasteiger partial charge in [-0.3, -0.25) is 0 Å². The van der Waals surface area contributed by atoms with Crippen LogP contribution in [-0.2, 0) is 4.74 Å². The predicted molar refractivity (Wildman–Crippen MR) is 138 cm³/mol. The van der Waals surface area contributed by atoms with E-state index in [9.17, 15) is 0 Å². The SMILES string of the molecule is CC(C)O[C@@H]1CC[C@@]2(C)[C@@H](CC[C@@H]3[C@@H]2CC[C@]2(C)[C@@H](c4ccc5nc(N)ncc5c4)CC[C@@H]32)C1. The first-order valence-electron chi connectivity index (χ1n) is 14.0. The van der Waals surface area contributed by atoms with Crippen LogP contribution in [0.4, 0.5) is 5.95 Å². The molecule has 4 fully saturated rings. The number of fused-ring (bicyclic) bond motifs is 6. The minimum absolute atomic E-state index is 0.357. The Morgan fingerprint density at radius 2 is 1.76 bits per heavy atom. The summed E-state index contributed by atoms with van der Waals surface area (Å²) in [5.41, 5.74) is 9.22. The molecule has 4 aliphatic rings. The maximum Gasteiger partial charge on any atom is 0.220 e. The lowest BCUT2D eigenvalue weighted by Gasteiger charge is -2.61. The van der Waals surface area contributed by atoms with Gasteiger partial charge >= 0.3 is 0 Å². The Balaban J connectivity index is 1.24. The van der Waals surface area contributed by atoms with Gasteiger partial charge in [0.2, 0.25) is 5.95 Å². The van der Waals surface area contributed by atoms with Gasteiger partial charge < -0.3 is 10.5 Å². The van der Waals surface area contributed by atoms with Crippen molar-refractivity contribution in [1.29, 1.82) is 0 Å². The van der Waals surface area contributed by atoms with Crippen LogP contribution >= 0.6 is 0 Å². The number of nitrogen functional groups attached to an aromatic ring is 1. The van der Waals surface area contributed by atoms with Crippen molar-refractivity contribution in [1.82, 2.24) is 9.97 Å². The van der Waals surface area contributed by atoms with E-state index >= 15 is 0 Å². The number of rotatable bonds is 3. The van der Waals surface area contributed by atoms with Crippen molar-refractivity contribution in [2.75, 3.05) is 5.73 Å². The van der Waals surface area contributed by atoms with Crippen LogP contribution in [0.2, 0.25) is 0 Å². The largest absolute Gasteiger partial charge is 0.376 e. The third-order valence-electron chi connectivity index (χ3n) is 11.1. The second kappa shape index (κ2) is 8.18. The average molecular weight is 462 g/mol. The monoisotopic (exact) mass is 461 g/mol. The summed E-state index contributed by atoms with van der Waals surface area (Å²) < 4.78 is 6.29. The van der Waals surface area contributed by atoms with Gasteiger partial charge in [-0.15, -0.1) is 0 Å². The number of nitrogens with two attached hydrogens (primary N) is 1. The van der Waals surface area contributed by atoms with Crippen LogP contribution in [0.1, 0.15) is 97.0 Å². The molecular formula is C30H43N3O. The number of ether oxygens (including phenoxy) is 1. The van der Waals surface area contributed by atoms with Gasteiger partial charge in [-0.2, -0.15) is 0 Å². The lowest BCUT2D eigenvalue weighted by molar-refractivity contribution is -0.137. The van der Waals surface area contributed by atoms with Gasteiger partial charge in [-0.1, -0.05) is 19.9 Å². The van der Waals surface area contributed by atoms with E-state index in [0.717, 1.165) is 34.6 Å². The van der Waals surface area contributed by atoms with Gasteiger partial charge in [-0.05, 0) is 130 Å². The summed E-state index contributed by atoms with van der Waals surface area (Å²) in [5, 5.41) is 1.13.